The Morgan fingerprint density at radius 3 is 2.31 bits per heavy atom. The Bertz CT molecular complexity index is 972. The Hall–Kier alpha value is -2.07. The standard InChI is InChI=1S/C23H22Cl3NO2/c1-3-28-22-9-16(13-27-20-11-18(24)10-19(25)12-20)8-21(26)23(22)29-14-17-7-5-4-6-15(17)2/h4-12,27H,3,13-14H2,1-2H3. The van der Waals surface area contributed by atoms with Gasteiger partial charge in [-0.15, -0.1) is 0 Å². The van der Waals surface area contributed by atoms with Crippen molar-refractivity contribution in [3.8, 4) is 11.5 Å². The van der Waals surface area contributed by atoms with Gasteiger partial charge in [-0.3, -0.25) is 0 Å². The van der Waals surface area contributed by atoms with Gasteiger partial charge in [0.1, 0.15) is 6.61 Å². The zero-order chi connectivity index (χ0) is 20.8. The molecule has 0 heterocycles. The minimum absolute atomic E-state index is 0.422. The van der Waals surface area contributed by atoms with Crippen LogP contribution >= 0.6 is 34.8 Å². The van der Waals surface area contributed by atoms with E-state index in [9.17, 15) is 0 Å². The largest absolute Gasteiger partial charge is 0.490 e. The number of hydrogen-bond donors (Lipinski definition) is 1. The maximum absolute atomic E-state index is 6.53. The highest BCUT2D eigenvalue weighted by Gasteiger charge is 2.14. The van der Waals surface area contributed by atoms with Gasteiger partial charge in [0, 0.05) is 22.3 Å². The Morgan fingerprint density at radius 1 is 0.897 bits per heavy atom. The molecule has 6 heteroatoms. The lowest BCUT2D eigenvalue weighted by Gasteiger charge is -2.16. The molecule has 0 aromatic heterocycles. The summed E-state index contributed by atoms with van der Waals surface area (Å²) in [5, 5.41) is 4.96. The minimum Gasteiger partial charge on any atom is -0.490 e. The summed E-state index contributed by atoms with van der Waals surface area (Å²) in [5.74, 6) is 1.17. The summed E-state index contributed by atoms with van der Waals surface area (Å²) in [4.78, 5) is 0. The number of halogens is 3. The van der Waals surface area contributed by atoms with E-state index in [1.807, 2.05) is 49.4 Å². The molecule has 0 aliphatic rings. The van der Waals surface area contributed by atoms with Gasteiger partial charge in [-0.2, -0.15) is 0 Å². The lowest BCUT2D eigenvalue weighted by molar-refractivity contribution is 0.269. The van der Waals surface area contributed by atoms with Crippen LogP contribution in [-0.2, 0) is 13.2 Å². The maximum Gasteiger partial charge on any atom is 0.180 e. The Balaban J connectivity index is 1.77. The molecular weight excluding hydrogens is 429 g/mol. The van der Waals surface area contributed by atoms with Gasteiger partial charge >= 0.3 is 0 Å². The van der Waals surface area contributed by atoms with Crippen molar-refractivity contribution < 1.29 is 9.47 Å². The maximum atomic E-state index is 6.53. The van der Waals surface area contributed by atoms with Crippen molar-refractivity contribution in [2.75, 3.05) is 11.9 Å². The quantitative estimate of drug-likeness (QED) is 0.384. The molecular formula is C23H22Cl3NO2. The van der Waals surface area contributed by atoms with E-state index >= 15 is 0 Å². The first-order valence-corrected chi connectivity index (χ1v) is 10.4. The van der Waals surface area contributed by atoms with E-state index in [-0.39, 0.29) is 0 Å². The SMILES string of the molecule is CCOc1cc(CNc2cc(Cl)cc(Cl)c2)cc(Cl)c1OCc1ccccc1C. The van der Waals surface area contributed by atoms with Crippen molar-refractivity contribution in [2.45, 2.75) is 27.0 Å². The molecule has 3 aromatic rings. The van der Waals surface area contributed by atoms with Crippen LogP contribution in [-0.4, -0.2) is 6.61 Å². The molecule has 0 amide bonds. The molecule has 3 rings (SSSR count). The number of aryl methyl sites for hydroxylation is 1. The normalized spacial score (nSPS) is 10.7. The highest BCUT2D eigenvalue weighted by molar-refractivity contribution is 6.35. The van der Waals surface area contributed by atoms with E-state index in [1.165, 1.54) is 5.56 Å². The summed E-state index contributed by atoms with van der Waals surface area (Å²) in [6.07, 6.45) is 0. The van der Waals surface area contributed by atoms with E-state index in [1.54, 1.807) is 6.07 Å². The smallest absolute Gasteiger partial charge is 0.180 e. The molecule has 152 valence electrons. The van der Waals surface area contributed by atoms with Gasteiger partial charge in [-0.25, -0.2) is 0 Å². The zero-order valence-corrected chi connectivity index (χ0v) is 18.5. The second kappa shape index (κ2) is 10.1. The van der Waals surface area contributed by atoms with Crippen molar-refractivity contribution in [3.05, 3.63) is 86.4 Å². The summed E-state index contributed by atoms with van der Waals surface area (Å²) in [7, 11) is 0. The molecule has 0 unspecified atom stereocenters. The molecule has 29 heavy (non-hydrogen) atoms. The topological polar surface area (TPSA) is 30.5 Å². The van der Waals surface area contributed by atoms with Crippen LogP contribution in [0.3, 0.4) is 0 Å². The van der Waals surface area contributed by atoms with Crippen LogP contribution in [0.25, 0.3) is 0 Å². The molecule has 0 aliphatic heterocycles. The van der Waals surface area contributed by atoms with Gasteiger partial charge in [0.15, 0.2) is 11.5 Å². The zero-order valence-electron chi connectivity index (χ0n) is 16.3. The number of anilines is 1. The fourth-order valence-corrected chi connectivity index (χ4v) is 3.72. The molecule has 0 radical (unpaired) electrons. The average Bonchev–Trinajstić information content (AvgIpc) is 2.66. The predicted molar refractivity (Wildman–Crippen MR) is 122 cm³/mol. The second-order valence-electron chi connectivity index (χ2n) is 6.56. The monoisotopic (exact) mass is 449 g/mol. The first-order valence-electron chi connectivity index (χ1n) is 9.28. The fraction of sp³-hybridized carbons (Fsp3) is 0.217. The number of ether oxygens (including phenoxy) is 2. The van der Waals surface area contributed by atoms with E-state index < -0.39 is 0 Å². The predicted octanol–water partition coefficient (Wildman–Crippen LogP) is 7.55. The number of rotatable bonds is 8. The third kappa shape index (κ3) is 5.96. The first kappa shape index (κ1) is 21.6. The van der Waals surface area contributed by atoms with Crippen LogP contribution in [0, 0.1) is 6.92 Å². The summed E-state index contributed by atoms with van der Waals surface area (Å²) < 4.78 is 11.8. The van der Waals surface area contributed by atoms with Crippen molar-refractivity contribution in [3.63, 3.8) is 0 Å². The molecule has 0 aliphatic carbocycles. The van der Waals surface area contributed by atoms with Gasteiger partial charge in [-0.1, -0.05) is 59.1 Å². The molecule has 3 aromatic carbocycles. The highest BCUT2D eigenvalue weighted by Crippen LogP contribution is 2.37. The molecule has 0 atom stereocenters. The first-order chi connectivity index (χ1) is 14.0. The van der Waals surface area contributed by atoms with Crippen LogP contribution in [0.1, 0.15) is 23.6 Å². The van der Waals surface area contributed by atoms with Gasteiger partial charge in [0.25, 0.3) is 0 Å². The van der Waals surface area contributed by atoms with Gasteiger partial charge in [-0.05, 0) is 60.9 Å². The summed E-state index contributed by atoms with van der Waals surface area (Å²) in [6, 6.07) is 17.2. The van der Waals surface area contributed by atoms with E-state index in [4.69, 9.17) is 44.3 Å². The number of hydrogen-bond acceptors (Lipinski definition) is 3. The molecule has 0 saturated heterocycles. The molecule has 0 spiro atoms. The summed E-state index contributed by atoms with van der Waals surface area (Å²) in [5.41, 5.74) is 4.06. The Morgan fingerprint density at radius 2 is 1.62 bits per heavy atom. The molecule has 0 saturated carbocycles. The average molecular weight is 451 g/mol. The van der Waals surface area contributed by atoms with E-state index in [0.717, 1.165) is 16.8 Å². The van der Waals surface area contributed by atoms with Gasteiger partial charge < -0.3 is 14.8 Å². The Kier molecular flexibility index (Phi) is 7.54. The van der Waals surface area contributed by atoms with Crippen LogP contribution < -0.4 is 14.8 Å². The van der Waals surface area contributed by atoms with Crippen LogP contribution in [0.4, 0.5) is 5.69 Å². The van der Waals surface area contributed by atoms with Crippen LogP contribution in [0.5, 0.6) is 11.5 Å². The fourth-order valence-electron chi connectivity index (χ4n) is 2.91. The third-order valence-corrected chi connectivity index (χ3v) is 5.08. The van der Waals surface area contributed by atoms with E-state index in [2.05, 4.69) is 18.3 Å². The van der Waals surface area contributed by atoms with Crippen molar-refractivity contribution in [2.24, 2.45) is 0 Å². The van der Waals surface area contributed by atoms with Gasteiger partial charge in [0.2, 0.25) is 0 Å². The van der Waals surface area contributed by atoms with E-state index in [0.29, 0.717) is 46.3 Å². The van der Waals surface area contributed by atoms with Crippen molar-refractivity contribution >= 4 is 40.5 Å². The lowest BCUT2D eigenvalue weighted by atomic mass is 10.1. The second-order valence-corrected chi connectivity index (χ2v) is 7.84. The molecule has 0 fully saturated rings. The van der Waals surface area contributed by atoms with Crippen LogP contribution in [0.15, 0.2) is 54.6 Å². The number of benzene rings is 3. The van der Waals surface area contributed by atoms with Crippen molar-refractivity contribution in [1.29, 1.82) is 0 Å². The summed E-state index contributed by atoms with van der Waals surface area (Å²) in [6.45, 7) is 5.45. The molecule has 3 nitrogen and oxygen atoms in total. The number of nitrogens with one attached hydrogen (secondary N) is 1. The highest BCUT2D eigenvalue weighted by atomic mass is 35.5. The summed E-state index contributed by atoms with van der Waals surface area (Å²) >= 11 is 18.7. The third-order valence-electron chi connectivity index (χ3n) is 4.36. The van der Waals surface area contributed by atoms with Crippen molar-refractivity contribution in [1.82, 2.24) is 0 Å². The Labute approximate surface area is 186 Å². The van der Waals surface area contributed by atoms with Crippen LogP contribution in [0.2, 0.25) is 15.1 Å². The lowest BCUT2D eigenvalue weighted by Crippen LogP contribution is -2.04. The minimum atomic E-state index is 0.422. The molecule has 1 N–H and O–H groups in total. The molecule has 0 bridgehead atoms. The van der Waals surface area contributed by atoms with Gasteiger partial charge in [0.05, 0.1) is 11.6 Å².